The third-order valence-corrected chi connectivity index (χ3v) is 3.26. The van der Waals surface area contributed by atoms with Crippen molar-refractivity contribution in [1.82, 2.24) is 16.0 Å². The van der Waals surface area contributed by atoms with E-state index in [2.05, 4.69) is 16.0 Å². The predicted octanol–water partition coefficient (Wildman–Crippen LogP) is -0.229. The SMILES string of the molecule is O=C(CC1CCCNC1)NCC(=O)NC1CC1. The third-order valence-electron chi connectivity index (χ3n) is 3.26. The van der Waals surface area contributed by atoms with Gasteiger partial charge in [0.15, 0.2) is 0 Å². The molecule has 2 fully saturated rings. The van der Waals surface area contributed by atoms with Gasteiger partial charge >= 0.3 is 0 Å². The van der Waals surface area contributed by atoms with Crippen molar-refractivity contribution in [3.8, 4) is 0 Å². The Morgan fingerprint density at radius 1 is 1.18 bits per heavy atom. The van der Waals surface area contributed by atoms with Crippen LogP contribution in [-0.4, -0.2) is 37.5 Å². The van der Waals surface area contributed by atoms with Crippen molar-refractivity contribution < 1.29 is 9.59 Å². The molecule has 0 radical (unpaired) electrons. The number of carbonyl (C=O) groups is 2. The van der Waals surface area contributed by atoms with Gasteiger partial charge in [-0.2, -0.15) is 0 Å². The van der Waals surface area contributed by atoms with Crippen molar-refractivity contribution >= 4 is 11.8 Å². The molecule has 3 N–H and O–H groups in total. The molecule has 17 heavy (non-hydrogen) atoms. The van der Waals surface area contributed by atoms with Gasteiger partial charge in [0, 0.05) is 12.5 Å². The molecule has 5 nitrogen and oxygen atoms in total. The maximum atomic E-state index is 11.6. The number of carbonyl (C=O) groups excluding carboxylic acids is 2. The second kappa shape index (κ2) is 6.00. The highest BCUT2D eigenvalue weighted by molar-refractivity contribution is 5.85. The Kier molecular flexibility index (Phi) is 4.36. The highest BCUT2D eigenvalue weighted by Crippen LogP contribution is 2.18. The van der Waals surface area contributed by atoms with Crippen molar-refractivity contribution in [3.63, 3.8) is 0 Å². The van der Waals surface area contributed by atoms with Crippen LogP contribution in [0.2, 0.25) is 0 Å². The lowest BCUT2D eigenvalue weighted by atomic mass is 9.96. The summed E-state index contributed by atoms with van der Waals surface area (Å²) >= 11 is 0. The summed E-state index contributed by atoms with van der Waals surface area (Å²) in [6.07, 6.45) is 4.93. The molecular weight excluding hydrogens is 218 g/mol. The van der Waals surface area contributed by atoms with Crippen LogP contribution in [0.3, 0.4) is 0 Å². The Morgan fingerprint density at radius 2 is 2.00 bits per heavy atom. The normalized spacial score (nSPS) is 24.1. The van der Waals surface area contributed by atoms with Crippen LogP contribution in [0.5, 0.6) is 0 Å². The molecule has 1 aliphatic carbocycles. The van der Waals surface area contributed by atoms with Crippen LogP contribution in [0.4, 0.5) is 0 Å². The summed E-state index contributed by atoms with van der Waals surface area (Å²) in [5.74, 6) is 0.350. The van der Waals surface area contributed by atoms with E-state index in [1.54, 1.807) is 0 Å². The van der Waals surface area contributed by atoms with Crippen molar-refractivity contribution in [2.75, 3.05) is 19.6 Å². The second-order valence-corrected chi connectivity index (χ2v) is 5.04. The van der Waals surface area contributed by atoms with E-state index in [0.717, 1.165) is 38.8 Å². The second-order valence-electron chi connectivity index (χ2n) is 5.04. The zero-order valence-corrected chi connectivity index (χ0v) is 10.1. The molecule has 0 spiro atoms. The summed E-state index contributed by atoms with van der Waals surface area (Å²) in [5, 5.41) is 8.81. The predicted molar refractivity (Wildman–Crippen MR) is 64.4 cm³/mol. The molecule has 0 aromatic heterocycles. The zero-order valence-electron chi connectivity index (χ0n) is 10.1. The maximum Gasteiger partial charge on any atom is 0.239 e. The first-order chi connectivity index (χ1) is 8.24. The Labute approximate surface area is 102 Å². The molecule has 1 saturated heterocycles. The largest absolute Gasteiger partial charge is 0.352 e. The molecule has 0 aromatic rings. The summed E-state index contributed by atoms with van der Waals surface area (Å²) in [4.78, 5) is 23.0. The van der Waals surface area contributed by atoms with Gasteiger partial charge in [0.1, 0.15) is 0 Å². The van der Waals surface area contributed by atoms with E-state index in [4.69, 9.17) is 0 Å². The minimum atomic E-state index is -0.0670. The average molecular weight is 239 g/mol. The maximum absolute atomic E-state index is 11.6. The number of rotatable bonds is 5. The van der Waals surface area contributed by atoms with Crippen LogP contribution >= 0.6 is 0 Å². The zero-order chi connectivity index (χ0) is 12.1. The lowest BCUT2D eigenvalue weighted by Gasteiger charge is -2.21. The van der Waals surface area contributed by atoms with Crippen LogP contribution in [0.15, 0.2) is 0 Å². The molecule has 0 aromatic carbocycles. The van der Waals surface area contributed by atoms with Crippen molar-refractivity contribution in [2.24, 2.45) is 5.92 Å². The minimum Gasteiger partial charge on any atom is -0.352 e. The summed E-state index contributed by atoms with van der Waals surface area (Å²) < 4.78 is 0. The standard InChI is InChI=1S/C12H21N3O2/c16-11(6-9-2-1-5-13-7-9)14-8-12(17)15-10-3-4-10/h9-10,13H,1-8H2,(H,14,16)(H,15,17). The fourth-order valence-corrected chi connectivity index (χ4v) is 2.12. The van der Waals surface area contributed by atoms with Gasteiger partial charge in [-0.3, -0.25) is 9.59 Å². The van der Waals surface area contributed by atoms with Gasteiger partial charge in [-0.1, -0.05) is 0 Å². The number of amides is 2. The highest BCUT2D eigenvalue weighted by atomic mass is 16.2. The first-order valence-electron chi connectivity index (χ1n) is 6.51. The number of nitrogens with one attached hydrogen (secondary N) is 3. The molecule has 0 bridgehead atoms. The van der Waals surface area contributed by atoms with Gasteiger partial charge in [-0.15, -0.1) is 0 Å². The van der Waals surface area contributed by atoms with E-state index >= 15 is 0 Å². The van der Waals surface area contributed by atoms with E-state index in [1.807, 2.05) is 0 Å². The van der Waals surface area contributed by atoms with E-state index in [1.165, 1.54) is 0 Å². The van der Waals surface area contributed by atoms with Crippen molar-refractivity contribution in [2.45, 2.75) is 38.1 Å². The monoisotopic (exact) mass is 239 g/mol. The van der Waals surface area contributed by atoms with Crippen molar-refractivity contribution in [1.29, 1.82) is 0 Å². The Balaban J connectivity index is 1.57. The topological polar surface area (TPSA) is 70.2 Å². The quantitative estimate of drug-likeness (QED) is 0.621. The van der Waals surface area contributed by atoms with Gasteiger partial charge < -0.3 is 16.0 Å². The summed E-state index contributed by atoms with van der Waals surface area (Å²) in [7, 11) is 0. The lowest BCUT2D eigenvalue weighted by molar-refractivity contribution is -0.126. The van der Waals surface area contributed by atoms with E-state index in [-0.39, 0.29) is 18.4 Å². The van der Waals surface area contributed by atoms with Crippen molar-refractivity contribution in [3.05, 3.63) is 0 Å². The fraction of sp³-hybridized carbons (Fsp3) is 0.833. The van der Waals surface area contributed by atoms with Crippen LogP contribution in [0, 0.1) is 5.92 Å². The van der Waals surface area contributed by atoms with Gasteiger partial charge in [0.25, 0.3) is 0 Å². The number of piperidine rings is 1. The van der Waals surface area contributed by atoms with Gasteiger partial charge in [0.05, 0.1) is 6.54 Å². The minimum absolute atomic E-state index is 0.00959. The van der Waals surface area contributed by atoms with Gasteiger partial charge in [-0.25, -0.2) is 0 Å². The molecule has 2 rings (SSSR count). The van der Waals surface area contributed by atoms with E-state index in [0.29, 0.717) is 18.4 Å². The molecule has 1 heterocycles. The lowest BCUT2D eigenvalue weighted by Crippen LogP contribution is -2.39. The summed E-state index contributed by atoms with van der Waals surface area (Å²) in [6, 6.07) is 0.363. The van der Waals surface area contributed by atoms with Crippen LogP contribution in [-0.2, 0) is 9.59 Å². The first-order valence-corrected chi connectivity index (χ1v) is 6.51. The molecule has 1 unspecified atom stereocenters. The molecule has 1 atom stereocenters. The Hall–Kier alpha value is -1.10. The smallest absolute Gasteiger partial charge is 0.239 e. The first kappa shape index (κ1) is 12.4. The molecule has 1 aliphatic heterocycles. The molecule has 2 aliphatic rings. The molecule has 1 saturated carbocycles. The van der Waals surface area contributed by atoms with Gasteiger partial charge in [0.2, 0.25) is 11.8 Å². The number of hydrogen-bond acceptors (Lipinski definition) is 3. The fourth-order valence-electron chi connectivity index (χ4n) is 2.12. The van der Waals surface area contributed by atoms with Crippen LogP contribution in [0.25, 0.3) is 0 Å². The molecule has 2 amide bonds. The average Bonchev–Trinajstić information content (AvgIpc) is 3.12. The van der Waals surface area contributed by atoms with E-state index < -0.39 is 0 Å². The Morgan fingerprint density at radius 3 is 2.65 bits per heavy atom. The third kappa shape index (κ3) is 4.73. The molecule has 96 valence electrons. The van der Waals surface area contributed by atoms with E-state index in [9.17, 15) is 9.59 Å². The Bertz CT molecular complexity index is 283. The molecular formula is C12H21N3O2. The van der Waals surface area contributed by atoms with Gasteiger partial charge in [-0.05, 0) is 44.7 Å². The number of hydrogen-bond donors (Lipinski definition) is 3. The highest BCUT2D eigenvalue weighted by Gasteiger charge is 2.23. The summed E-state index contributed by atoms with van der Waals surface area (Å²) in [5.41, 5.74) is 0. The van der Waals surface area contributed by atoms with Crippen LogP contribution in [0.1, 0.15) is 32.1 Å². The van der Waals surface area contributed by atoms with Crippen LogP contribution < -0.4 is 16.0 Å². The molecule has 5 heteroatoms. The summed E-state index contributed by atoms with van der Waals surface area (Å²) in [6.45, 7) is 2.10.